The Balaban J connectivity index is 1.21. The van der Waals surface area contributed by atoms with E-state index in [1.807, 2.05) is 91.0 Å². The van der Waals surface area contributed by atoms with Gasteiger partial charge in [-0.3, -0.25) is 4.79 Å². The fourth-order valence-corrected chi connectivity index (χ4v) is 6.04. The van der Waals surface area contributed by atoms with E-state index >= 15 is 0 Å². The van der Waals surface area contributed by atoms with E-state index in [4.69, 9.17) is 9.47 Å². The SMILES string of the molecule is N#Cc1cccc(-n2nc(C(F)(F)F)cc2C(=O)Nc2cccc(C(NCC3CC3)c3cc(OCc4ccccc4)ccc3OCc3ccccc3)c2)c1. The van der Waals surface area contributed by atoms with Gasteiger partial charge >= 0.3 is 6.18 Å². The molecule has 0 radical (unpaired) electrons. The standard InChI is InChI=1S/C43H36F3N5O3/c44-43(45,46)40-24-38(51(50-40)35-16-7-13-32(21-35)25-47)42(52)49-34-15-8-14-33(22-34)41(48-26-29-17-18-29)37-23-36(53-27-30-9-3-1-4-10-30)19-20-39(37)54-28-31-11-5-2-6-12-31/h1-16,19-24,29,41,48H,17-18,26-28H2,(H,49,52). The molecule has 5 aromatic carbocycles. The van der Waals surface area contributed by atoms with Gasteiger partial charge in [-0.05, 0) is 90.5 Å². The molecule has 1 fully saturated rings. The molecule has 1 aliphatic rings. The molecule has 1 atom stereocenters. The molecule has 1 unspecified atom stereocenters. The Morgan fingerprint density at radius 1 is 0.833 bits per heavy atom. The van der Waals surface area contributed by atoms with Crippen LogP contribution < -0.4 is 20.1 Å². The second kappa shape index (κ2) is 16.1. The third-order valence-corrected chi connectivity index (χ3v) is 9.02. The highest BCUT2D eigenvalue weighted by atomic mass is 19.4. The number of halogens is 3. The van der Waals surface area contributed by atoms with Gasteiger partial charge in [0.2, 0.25) is 0 Å². The van der Waals surface area contributed by atoms with Crippen molar-refractivity contribution >= 4 is 11.6 Å². The number of aromatic nitrogens is 2. The Hall–Kier alpha value is -6.38. The molecule has 7 rings (SSSR count). The summed E-state index contributed by atoms with van der Waals surface area (Å²) in [6.45, 7) is 1.46. The minimum Gasteiger partial charge on any atom is -0.489 e. The first-order valence-electron chi connectivity index (χ1n) is 17.5. The Labute approximate surface area is 310 Å². The molecule has 2 N–H and O–H groups in total. The van der Waals surface area contributed by atoms with E-state index in [9.17, 15) is 23.2 Å². The summed E-state index contributed by atoms with van der Waals surface area (Å²) in [6.07, 6.45) is -2.55. The molecule has 0 saturated heterocycles. The Morgan fingerprint density at radius 2 is 1.54 bits per heavy atom. The fraction of sp³-hybridized carbons (Fsp3) is 0.186. The van der Waals surface area contributed by atoms with Crippen LogP contribution >= 0.6 is 0 Å². The van der Waals surface area contributed by atoms with Gasteiger partial charge in [-0.1, -0.05) is 78.9 Å². The van der Waals surface area contributed by atoms with Crippen LogP contribution in [0, 0.1) is 17.2 Å². The van der Waals surface area contributed by atoms with E-state index in [0.717, 1.165) is 46.3 Å². The van der Waals surface area contributed by atoms with Gasteiger partial charge < -0.3 is 20.1 Å². The second-order valence-corrected chi connectivity index (χ2v) is 13.1. The van der Waals surface area contributed by atoms with Crippen LogP contribution in [0.25, 0.3) is 5.69 Å². The van der Waals surface area contributed by atoms with Gasteiger partial charge in [0.1, 0.15) is 30.4 Å². The van der Waals surface area contributed by atoms with E-state index in [-0.39, 0.29) is 16.9 Å². The summed E-state index contributed by atoms with van der Waals surface area (Å²) in [4.78, 5) is 13.7. The molecule has 11 heteroatoms. The first kappa shape index (κ1) is 36.0. The van der Waals surface area contributed by atoms with Gasteiger partial charge in [0, 0.05) is 17.3 Å². The number of ether oxygens (including phenoxy) is 2. The van der Waals surface area contributed by atoms with Crippen LogP contribution in [0.1, 0.15) is 62.9 Å². The number of hydrogen-bond donors (Lipinski definition) is 2. The number of rotatable bonds is 14. The lowest BCUT2D eigenvalue weighted by atomic mass is 9.96. The smallest absolute Gasteiger partial charge is 0.435 e. The quantitative estimate of drug-likeness (QED) is 0.116. The predicted molar refractivity (Wildman–Crippen MR) is 198 cm³/mol. The zero-order valence-corrected chi connectivity index (χ0v) is 29.1. The highest BCUT2D eigenvalue weighted by Gasteiger charge is 2.36. The van der Waals surface area contributed by atoms with Crippen molar-refractivity contribution in [2.24, 2.45) is 5.92 Å². The minimum atomic E-state index is -4.80. The number of carbonyl (C=O) groups is 1. The van der Waals surface area contributed by atoms with Crippen LogP contribution in [0.3, 0.4) is 0 Å². The molecule has 1 heterocycles. The molecule has 0 bridgehead atoms. The fourth-order valence-electron chi connectivity index (χ4n) is 6.04. The molecular weight excluding hydrogens is 691 g/mol. The van der Waals surface area contributed by atoms with E-state index in [0.29, 0.717) is 42.4 Å². The van der Waals surface area contributed by atoms with Crippen molar-refractivity contribution in [2.75, 3.05) is 11.9 Å². The van der Waals surface area contributed by atoms with Gasteiger partial charge in [0.25, 0.3) is 5.91 Å². The summed E-state index contributed by atoms with van der Waals surface area (Å²) >= 11 is 0. The highest BCUT2D eigenvalue weighted by molar-refractivity contribution is 6.03. The number of nitrogens with one attached hydrogen (secondary N) is 2. The molecule has 1 aliphatic carbocycles. The average molecular weight is 728 g/mol. The first-order valence-corrected chi connectivity index (χ1v) is 17.5. The van der Waals surface area contributed by atoms with Crippen LogP contribution in [-0.4, -0.2) is 22.2 Å². The molecule has 6 aromatic rings. The van der Waals surface area contributed by atoms with Crippen LogP contribution in [0.4, 0.5) is 18.9 Å². The monoisotopic (exact) mass is 727 g/mol. The molecule has 1 saturated carbocycles. The van der Waals surface area contributed by atoms with Crippen molar-refractivity contribution < 1.29 is 27.4 Å². The predicted octanol–water partition coefficient (Wildman–Crippen LogP) is 9.26. The van der Waals surface area contributed by atoms with Gasteiger partial charge in [-0.25, -0.2) is 4.68 Å². The molecule has 1 aromatic heterocycles. The van der Waals surface area contributed by atoms with Crippen molar-refractivity contribution in [1.29, 1.82) is 5.26 Å². The van der Waals surface area contributed by atoms with Crippen molar-refractivity contribution in [3.8, 4) is 23.3 Å². The van der Waals surface area contributed by atoms with Gasteiger partial charge in [0.05, 0.1) is 23.4 Å². The molecule has 8 nitrogen and oxygen atoms in total. The van der Waals surface area contributed by atoms with Crippen molar-refractivity contribution in [2.45, 2.75) is 38.3 Å². The number of hydrogen-bond acceptors (Lipinski definition) is 6. The van der Waals surface area contributed by atoms with Crippen molar-refractivity contribution in [1.82, 2.24) is 15.1 Å². The number of alkyl halides is 3. The topological polar surface area (TPSA) is 101 Å². The van der Waals surface area contributed by atoms with Crippen molar-refractivity contribution in [3.63, 3.8) is 0 Å². The second-order valence-electron chi connectivity index (χ2n) is 13.1. The van der Waals surface area contributed by atoms with Crippen LogP contribution in [0.2, 0.25) is 0 Å². The van der Waals surface area contributed by atoms with Gasteiger partial charge in [-0.15, -0.1) is 0 Å². The lowest BCUT2D eigenvalue weighted by Crippen LogP contribution is -2.25. The Kier molecular flexibility index (Phi) is 10.7. The van der Waals surface area contributed by atoms with E-state index < -0.39 is 23.8 Å². The molecular formula is C43H36F3N5O3. The largest absolute Gasteiger partial charge is 0.489 e. The van der Waals surface area contributed by atoms with E-state index in [2.05, 4.69) is 15.7 Å². The summed E-state index contributed by atoms with van der Waals surface area (Å²) in [6, 6.07) is 40.8. The number of nitrogens with zero attached hydrogens (tertiary/aromatic N) is 3. The Bertz CT molecular complexity index is 2260. The molecule has 272 valence electrons. The van der Waals surface area contributed by atoms with E-state index in [1.54, 1.807) is 18.2 Å². The van der Waals surface area contributed by atoms with Crippen LogP contribution in [0.5, 0.6) is 11.5 Å². The number of benzene rings is 5. The zero-order valence-electron chi connectivity index (χ0n) is 29.1. The Morgan fingerprint density at radius 3 is 2.22 bits per heavy atom. The van der Waals surface area contributed by atoms with Gasteiger partial charge in [-0.2, -0.15) is 23.5 Å². The first-order chi connectivity index (χ1) is 26.2. The maximum atomic E-state index is 13.8. The summed E-state index contributed by atoms with van der Waals surface area (Å²) in [7, 11) is 0. The number of nitriles is 1. The number of anilines is 1. The third kappa shape index (κ3) is 8.97. The maximum Gasteiger partial charge on any atom is 0.435 e. The average Bonchev–Trinajstić information content (AvgIpc) is 3.90. The molecule has 0 aliphatic heterocycles. The lowest BCUT2D eigenvalue weighted by Gasteiger charge is -2.24. The highest BCUT2D eigenvalue weighted by Crippen LogP contribution is 2.37. The van der Waals surface area contributed by atoms with Crippen LogP contribution in [0.15, 0.2) is 133 Å². The molecule has 1 amide bonds. The summed E-state index contributed by atoms with van der Waals surface area (Å²) in [5.74, 6) is 1.03. The number of carbonyl (C=O) groups excluding carboxylic acids is 1. The zero-order chi connectivity index (χ0) is 37.5. The summed E-state index contributed by atoms with van der Waals surface area (Å²) in [5, 5.41) is 19.6. The third-order valence-electron chi connectivity index (χ3n) is 9.02. The molecule has 54 heavy (non-hydrogen) atoms. The van der Waals surface area contributed by atoms with Crippen molar-refractivity contribution in [3.05, 3.63) is 173 Å². The maximum absolute atomic E-state index is 13.8. The number of amides is 1. The van der Waals surface area contributed by atoms with Gasteiger partial charge in [0.15, 0.2) is 5.69 Å². The normalized spacial score (nSPS) is 13.1. The van der Waals surface area contributed by atoms with E-state index in [1.165, 1.54) is 24.3 Å². The summed E-state index contributed by atoms with van der Waals surface area (Å²) in [5.41, 5.74) is 2.80. The summed E-state index contributed by atoms with van der Waals surface area (Å²) < 4.78 is 55.1. The molecule has 0 spiro atoms. The van der Waals surface area contributed by atoms with Crippen LogP contribution in [-0.2, 0) is 19.4 Å². The minimum absolute atomic E-state index is 0.144. The lowest BCUT2D eigenvalue weighted by molar-refractivity contribution is -0.141.